The highest BCUT2D eigenvalue weighted by Crippen LogP contribution is 2.51. The normalized spacial score (nSPS) is 32.6. The van der Waals surface area contributed by atoms with Crippen molar-refractivity contribution in [3.63, 3.8) is 0 Å². The number of alkyl halides is 4. The molecule has 7 rings (SSSR count). The van der Waals surface area contributed by atoms with Crippen LogP contribution in [-0.4, -0.2) is 101 Å². The van der Waals surface area contributed by atoms with E-state index in [-0.39, 0.29) is 36.2 Å². The molecule has 8 atom stereocenters. The Bertz CT molecular complexity index is 2200. The quantitative estimate of drug-likeness (QED) is 0.319. The van der Waals surface area contributed by atoms with Gasteiger partial charge < -0.3 is 29.7 Å². The van der Waals surface area contributed by atoms with Crippen molar-refractivity contribution in [3.05, 3.63) is 23.9 Å². The third kappa shape index (κ3) is 8.03. The largest absolute Gasteiger partial charge is 0.497 e. The number of halogens is 4. The smallest absolute Gasteiger partial charge is 0.408 e. The molecule has 60 heavy (non-hydrogen) atoms. The van der Waals surface area contributed by atoms with Crippen LogP contribution in [0.1, 0.15) is 98.6 Å². The molecule has 3 heterocycles. The van der Waals surface area contributed by atoms with Crippen molar-refractivity contribution in [2.24, 2.45) is 23.2 Å². The van der Waals surface area contributed by atoms with Crippen molar-refractivity contribution in [3.8, 4) is 11.6 Å². The highest BCUT2D eigenvalue weighted by Gasteiger charge is 2.68. The second-order valence-electron chi connectivity index (χ2n) is 18.7. The van der Waals surface area contributed by atoms with E-state index < -0.39 is 128 Å². The molecule has 3 aliphatic carbocycles. The number of rotatable bonds is 7. The average molecular weight is 869 g/mol. The van der Waals surface area contributed by atoms with Crippen LogP contribution in [0, 0.1) is 23.2 Å². The summed E-state index contributed by atoms with van der Waals surface area (Å²) in [6.07, 6.45) is -4.62. The second-order valence-corrected chi connectivity index (χ2v) is 20.9. The third-order valence-corrected chi connectivity index (χ3v) is 15.2. The summed E-state index contributed by atoms with van der Waals surface area (Å²) in [5.74, 6) is -10.0. The molecule has 4 fully saturated rings. The molecule has 0 radical (unpaired) electrons. The van der Waals surface area contributed by atoms with Gasteiger partial charge in [-0.1, -0.05) is 34.1 Å². The molecule has 20 heteroatoms. The first-order valence-electron chi connectivity index (χ1n) is 20.2. The van der Waals surface area contributed by atoms with Crippen LogP contribution >= 0.6 is 0 Å². The predicted molar refractivity (Wildman–Crippen MR) is 207 cm³/mol. The standard InChI is InChI=1S/C40H52F4N6O9S/c1-20-26-19-50(27(20)31(51)48-39(18-23(39)30(41)42)34(53)49-60(55,56)37(5)14-15-37)33(52)29(36(2,3)4)47-35(54)59-38(6)17-21(38)10-8-9-13-40(43,44)28-32(58-26)46-25-16-22(57-7)11-12-24(25)45-28/h11-12,16,20-21,23,26-27,29-30H,8-10,13-15,17-19H2,1-7H3,(H,47,54)(H,48,51)(H,49,53)/t20-,21+,23+,26+,27+,29-,38?,39-/m1/s1. The maximum Gasteiger partial charge on any atom is 0.408 e. The Kier molecular flexibility index (Phi) is 10.8. The van der Waals surface area contributed by atoms with Crippen LogP contribution in [0.2, 0.25) is 0 Å². The zero-order valence-electron chi connectivity index (χ0n) is 34.6. The van der Waals surface area contributed by atoms with E-state index in [4.69, 9.17) is 14.2 Å². The number of hydrogen-bond donors (Lipinski definition) is 3. The molecule has 0 spiro atoms. The molecular weight excluding hydrogens is 817 g/mol. The Balaban J connectivity index is 1.29. The topological polar surface area (TPSA) is 195 Å². The van der Waals surface area contributed by atoms with Gasteiger partial charge in [-0.2, -0.15) is 8.78 Å². The van der Waals surface area contributed by atoms with E-state index in [0.29, 0.717) is 25.0 Å². The SMILES string of the molecule is COc1ccc2nc3c(nc2c1)O[C@H]1CN(C(=O)[C@H](C(C)(C)C)NC(=O)OC2(C)C[C@@H]2CCCCC3(F)F)[C@H](C(=O)N[C@]2(C(=O)NS(=O)(=O)C3(C)CC3)C[C@H]2C(F)F)[C@@H]1C. The van der Waals surface area contributed by atoms with Gasteiger partial charge in [0.05, 0.1) is 35.4 Å². The number of fused-ring (bicyclic) bond motifs is 5. The summed E-state index contributed by atoms with van der Waals surface area (Å²) in [4.78, 5) is 66.2. The Morgan fingerprint density at radius 1 is 1.05 bits per heavy atom. The lowest BCUT2D eigenvalue weighted by molar-refractivity contribution is -0.143. The molecular formula is C40H52F4N6O9S. The second kappa shape index (κ2) is 14.9. The molecule has 2 aromatic rings. The number of alkyl carbamates (subject to hydrolysis) is 1. The van der Waals surface area contributed by atoms with E-state index in [1.165, 1.54) is 33.1 Å². The maximum absolute atomic E-state index is 16.3. The van der Waals surface area contributed by atoms with Gasteiger partial charge in [-0.25, -0.2) is 32.0 Å². The van der Waals surface area contributed by atoms with Gasteiger partial charge in [0.25, 0.3) is 11.8 Å². The minimum atomic E-state index is -4.31. The van der Waals surface area contributed by atoms with Crippen LogP contribution in [0.15, 0.2) is 18.2 Å². The van der Waals surface area contributed by atoms with Crippen LogP contribution in [0.5, 0.6) is 11.6 Å². The number of benzene rings is 1. The third-order valence-electron chi connectivity index (χ3n) is 13.0. The highest BCUT2D eigenvalue weighted by atomic mass is 32.2. The molecule has 3 N–H and O–H groups in total. The number of carbonyl (C=O) groups is 4. The first kappa shape index (κ1) is 43.6. The molecule has 15 nitrogen and oxygen atoms in total. The highest BCUT2D eigenvalue weighted by molar-refractivity contribution is 7.91. The number of ether oxygens (including phenoxy) is 3. The van der Waals surface area contributed by atoms with Gasteiger partial charge in [0.15, 0.2) is 5.69 Å². The Morgan fingerprint density at radius 3 is 2.37 bits per heavy atom. The van der Waals surface area contributed by atoms with Gasteiger partial charge in [-0.3, -0.25) is 19.1 Å². The van der Waals surface area contributed by atoms with E-state index >= 15 is 8.78 Å². The van der Waals surface area contributed by atoms with Crippen molar-refractivity contribution in [1.29, 1.82) is 0 Å². The minimum Gasteiger partial charge on any atom is -0.497 e. The van der Waals surface area contributed by atoms with Crippen molar-refractivity contribution in [2.45, 2.75) is 139 Å². The van der Waals surface area contributed by atoms with Crippen molar-refractivity contribution in [1.82, 2.24) is 30.2 Å². The van der Waals surface area contributed by atoms with Gasteiger partial charge in [0.1, 0.15) is 35.1 Å². The zero-order valence-corrected chi connectivity index (χ0v) is 35.4. The molecule has 330 valence electrons. The maximum atomic E-state index is 16.3. The Morgan fingerprint density at radius 2 is 1.75 bits per heavy atom. The number of carbonyl (C=O) groups excluding carboxylic acids is 4. The summed E-state index contributed by atoms with van der Waals surface area (Å²) in [6.45, 7) is 9.14. The van der Waals surface area contributed by atoms with Gasteiger partial charge in [-0.15, -0.1) is 0 Å². The van der Waals surface area contributed by atoms with Crippen LogP contribution in [0.3, 0.4) is 0 Å². The fourth-order valence-corrected chi connectivity index (χ4v) is 9.75. The molecule has 2 bridgehead atoms. The number of amides is 4. The number of hydrogen-bond acceptors (Lipinski definition) is 11. The first-order valence-corrected chi connectivity index (χ1v) is 21.7. The van der Waals surface area contributed by atoms with Crippen molar-refractivity contribution in [2.75, 3.05) is 13.7 Å². The minimum absolute atomic E-state index is 0.0828. The fraction of sp³-hybridized carbons (Fsp3) is 0.700. The molecule has 1 saturated heterocycles. The molecule has 4 amide bonds. The fourth-order valence-electron chi connectivity index (χ4n) is 8.44. The number of nitrogens with zero attached hydrogens (tertiary/aromatic N) is 3. The zero-order chi connectivity index (χ0) is 44.0. The molecule has 1 aromatic heterocycles. The molecule has 1 aromatic carbocycles. The summed E-state index contributed by atoms with van der Waals surface area (Å²) in [6, 6.07) is 1.53. The lowest BCUT2D eigenvalue weighted by Gasteiger charge is -2.36. The van der Waals surface area contributed by atoms with Crippen LogP contribution in [-0.2, 0) is 35.1 Å². The van der Waals surface area contributed by atoms with Crippen molar-refractivity contribution < 1.29 is 59.4 Å². The summed E-state index contributed by atoms with van der Waals surface area (Å²) >= 11 is 0. The number of sulfonamides is 1. The summed E-state index contributed by atoms with van der Waals surface area (Å²) in [7, 11) is -2.90. The van der Waals surface area contributed by atoms with E-state index in [9.17, 15) is 36.4 Å². The van der Waals surface area contributed by atoms with Gasteiger partial charge in [-0.05, 0) is 69.9 Å². The molecule has 1 unspecified atom stereocenters. The molecule has 3 saturated carbocycles. The van der Waals surface area contributed by atoms with E-state index in [1.807, 2.05) is 4.72 Å². The summed E-state index contributed by atoms with van der Waals surface area (Å²) < 4.78 is 105. The summed E-state index contributed by atoms with van der Waals surface area (Å²) in [5.41, 5.74) is -4.77. The van der Waals surface area contributed by atoms with Gasteiger partial charge in [0.2, 0.25) is 34.1 Å². The first-order chi connectivity index (χ1) is 27.8. The van der Waals surface area contributed by atoms with Gasteiger partial charge in [0, 0.05) is 24.3 Å². The Hall–Kier alpha value is -4.49. The van der Waals surface area contributed by atoms with Crippen LogP contribution < -0.4 is 24.8 Å². The summed E-state index contributed by atoms with van der Waals surface area (Å²) in [5, 5.41) is 5.04. The predicted octanol–water partition coefficient (Wildman–Crippen LogP) is 4.96. The molecule has 2 aliphatic heterocycles. The van der Waals surface area contributed by atoms with Crippen LogP contribution in [0.4, 0.5) is 22.4 Å². The van der Waals surface area contributed by atoms with Gasteiger partial charge >= 0.3 is 6.09 Å². The van der Waals surface area contributed by atoms with E-state index in [1.54, 1.807) is 33.8 Å². The molecule has 5 aliphatic rings. The average Bonchev–Trinajstić information content (AvgIpc) is 4.11. The number of aromatic nitrogens is 2. The van der Waals surface area contributed by atoms with E-state index in [2.05, 4.69) is 20.6 Å². The van der Waals surface area contributed by atoms with Crippen molar-refractivity contribution >= 4 is 44.9 Å². The number of methoxy groups -OCH3 is 1. The monoisotopic (exact) mass is 868 g/mol. The van der Waals surface area contributed by atoms with E-state index in [0.717, 1.165) is 4.90 Å². The lowest BCUT2D eigenvalue weighted by atomic mass is 9.85. The lowest BCUT2D eigenvalue weighted by Crippen LogP contribution is -2.61. The Labute approximate surface area is 345 Å². The van der Waals surface area contributed by atoms with Crippen LogP contribution in [0.25, 0.3) is 11.0 Å². The number of nitrogens with one attached hydrogen (secondary N) is 3.